The maximum atomic E-state index is 12.2. The van der Waals surface area contributed by atoms with Crippen molar-refractivity contribution in [2.24, 2.45) is 11.8 Å². The molecule has 1 fully saturated rings. The smallest absolute Gasteiger partial charge is 0.320 e. The molecule has 2 heterocycles. The van der Waals surface area contributed by atoms with Crippen LogP contribution in [0.1, 0.15) is 12.7 Å². The number of aliphatic carboxylic acids is 1. The van der Waals surface area contributed by atoms with Crippen molar-refractivity contribution in [3.05, 3.63) is 24.2 Å². The lowest BCUT2D eigenvalue weighted by atomic mass is 9.99. The van der Waals surface area contributed by atoms with Crippen molar-refractivity contribution in [1.29, 1.82) is 0 Å². The minimum absolute atomic E-state index is 0.0153. The SMILES string of the molecule is C[C@@H]1CN(C(=O)N(C)Cc2ccco2)C[C@H]1C(=O)O. The molecule has 6 nitrogen and oxygen atoms in total. The summed E-state index contributed by atoms with van der Waals surface area (Å²) in [6.07, 6.45) is 1.56. The molecule has 2 rings (SSSR count). The summed E-state index contributed by atoms with van der Waals surface area (Å²) >= 11 is 0. The van der Waals surface area contributed by atoms with Gasteiger partial charge in [0.1, 0.15) is 5.76 Å². The number of carboxylic acids is 1. The number of nitrogens with zero attached hydrogens (tertiary/aromatic N) is 2. The summed E-state index contributed by atoms with van der Waals surface area (Å²) in [6, 6.07) is 3.41. The van der Waals surface area contributed by atoms with E-state index >= 15 is 0 Å². The quantitative estimate of drug-likeness (QED) is 0.899. The van der Waals surface area contributed by atoms with E-state index < -0.39 is 11.9 Å². The van der Waals surface area contributed by atoms with Gasteiger partial charge in [0.2, 0.25) is 0 Å². The van der Waals surface area contributed by atoms with E-state index in [1.165, 1.54) is 4.90 Å². The zero-order chi connectivity index (χ0) is 14.0. The summed E-state index contributed by atoms with van der Waals surface area (Å²) in [5, 5.41) is 9.06. The van der Waals surface area contributed by atoms with Gasteiger partial charge in [-0.1, -0.05) is 6.92 Å². The van der Waals surface area contributed by atoms with E-state index in [-0.39, 0.29) is 18.5 Å². The lowest BCUT2D eigenvalue weighted by molar-refractivity contribution is -0.142. The highest BCUT2D eigenvalue weighted by atomic mass is 16.4. The zero-order valence-electron chi connectivity index (χ0n) is 11.1. The maximum absolute atomic E-state index is 12.2. The van der Waals surface area contributed by atoms with Crippen LogP contribution < -0.4 is 0 Å². The number of hydrogen-bond acceptors (Lipinski definition) is 3. The highest BCUT2D eigenvalue weighted by Crippen LogP contribution is 2.24. The van der Waals surface area contributed by atoms with Crippen molar-refractivity contribution in [1.82, 2.24) is 9.80 Å². The van der Waals surface area contributed by atoms with Crippen LogP contribution in [0.3, 0.4) is 0 Å². The van der Waals surface area contributed by atoms with Crippen LogP contribution in [0.25, 0.3) is 0 Å². The second-order valence-corrected chi connectivity index (χ2v) is 5.04. The third kappa shape index (κ3) is 2.89. The number of likely N-dealkylation sites (tertiary alicyclic amines) is 1. The molecule has 0 unspecified atom stereocenters. The molecule has 2 atom stereocenters. The predicted molar refractivity (Wildman–Crippen MR) is 67.4 cm³/mol. The standard InChI is InChI=1S/C13H18N2O4/c1-9-6-15(8-11(9)12(16)17)13(18)14(2)7-10-4-3-5-19-10/h3-5,9,11H,6-8H2,1-2H3,(H,16,17)/t9-,11-/m1/s1. The summed E-state index contributed by atoms with van der Waals surface area (Å²) in [5.41, 5.74) is 0. The molecule has 0 aliphatic carbocycles. The lowest BCUT2D eigenvalue weighted by Gasteiger charge is -2.23. The first kappa shape index (κ1) is 13.5. The normalized spacial score (nSPS) is 22.5. The fourth-order valence-corrected chi connectivity index (χ4v) is 2.39. The summed E-state index contributed by atoms with van der Waals surface area (Å²) in [4.78, 5) is 26.4. The van der Waals surface area contributed by atoms with Gasteiger partial charge in [0.05, 0.1) is 18.7 Å². The first-order valence-corrected chi connectivity index (χ1v) is 6.24. The first-order valence-electron chi connectivity index (χ1n) is 6.24. The van der Waals surface area contributed by atoms with E-state index in [1.807, 2.05) is 6.92 Å². The van der Waals surface area contributed by atoms with Gasteiger partial charge in [0.15, 0.2) is 0 Å². The van der Waals surface area contributed by atoms with E-state index in [4.69, 9.17) is 9.52 Å². The molecular weight excluding hydrogens is 248 g/mol. The Hall–Kier alpha value is -1.98. The molecule has 6 heteroatoms. The van der Waals surface area contributed by atoms with Crippen molar-refractivity contribution in [2.75, 3.05) is 20.1 Å². The number of carbonyl (C=O) groups excluding carboxylic acids is 1. The molecule has 0 saturated carbocycles. The molecule has 0 aromatic carbocycles. The van der Waals surface area contributed by atoms with Gasteiger partial charge < -0.3 is 19.3 Å². The minimum Gasteiger partial charge on any atom is -0.481 e. The van der Waals surface area contributed by atoms with Gasteiger partial charge in [-0.3, -0.25) is 4.79 Å². The molecule has 104 valence electrons. The van der Waals surface area contributed by atoms with Crippen molar-refractivity contribution in [3.63, 3.8) is 0 Å². The predicted octanol–water partition coefficient (Wildman–Crippen LogP) is 1.48. The number of carbonyl (C=O) groups is 2. The van der Waals surface area contributed by atoms with Gasteiger partial charge >= 0.3 is 12.0 Å². The van der Waals surface area contributed by atoms with Gasteiger partial charge in [0.25, 0.3) is 0 Å². The average Bonchev–Trinajstić information content (AvgIpc) is 2.97. The van der Waals surface area contributed by atoms with Crippen LogP contribution >= 0.6 is 0 Å². The number of rotatable bonds is 3. The topological polar surface area (TPSA) is 74.0 Å². The van der Waals surface area contributed by atoms with Crippen LogP contribution in [0.15, 0.2) is 22.8 Å². The second kappa shape index (κ2) is 5.34. The first-order chi connectivity index (χ1) is 8.99. The van der Waals surface area contributed by atoms with Crippen molar-refractivity contribution >= 4 is 12.0 Å². The Balaban J connectivity index is 1.95. The largest absolute Gasteiger partial charge is 0.481 e. The summed E-state index contributed by atoms with van der Waals surface area (Å²) in [5.74, 6) is -0.617. The molecule has 2 amide bonds. The van der Waals surface area contributed by atoms with Gasteiger partial charge in [0, 0.05) is 20.1 Å². The molecule has 1 N–H and O–H groups in total. The monoisotopic (exact) mass is 266 g/mol. The molecule has 1 aliphatic rings. The maximum Gasteiger partial charge on any atom is 0.320 e. The molecular formula is C13H18N2O4. The fraction of sp³-hybridized carbons (Fsp3) is 0.538. The van der Waals surface area contributed by atoms with Crippen molar-refractivity contribution in [3.8, 4) is 0 Å². The van der Waals surface area contributed by atoms with E-state index in [2.05, 4.69) is 0 Å². The Labute approximate surface area is 111 Å². The number of carboxylic acid groups (broad SMARTS) is 1. The number of amides is 2. The fourth-order valence-electron chi connectivity index (χ4n) is 2.39. The van der Waals surface area contributed by atoms with Gasteiger partial charge in [-0.2, -0.15) is 0 Å². The van der Waals surface area contributed by atoms with Crippen molar-refractivity contribution in [2.45, 2.75) is 13.5 Å². The zero-order valence-corrected chi connectivity index (χ0v) is 11.1. The van der Waals surface area contributed by atoms with E-state index in [0.717, 1.165) is 0 Å². The van der Waals surface area contributed by atoms with E-state index in [1.54, 1.807) is 30.3 Å². The molecule has 1 aliphatic heterocycles. The summed E-state index contributed by atoms with van der Waals surface area (Å²) in [6.45, 7) is 3.00. The molecule has 0 spiro atoms. The minimum atomic E-state index is -0.837. The molecule has 19 heavy (non-hydrogen) atoms. The third-order valence-corrected chi connectivity index (χ3v) is 3.50. The molecule has 1 aromatic rings. The Morgan fingerprint density at radius 2 is 2.26 bits per heavy atom. The highest BCUT2D eigenvalue weighted by molar-refractivity contribution is 5.77. The molecule has 1 aromatic heterocycles. The van der Waals surface area contributed by atoms with Crippen LogP contribution in [0, 0.1) is 11.8 Å². The Morgan fingerprint density at radius 3 is 2.79 bits per heavy atom. The molecule has 0 bridgehead atoms. The van der Waals surface area contributed by atoms with E-state index in [0.29, 0.717) is 18.8 Å². The van der Waals surface area contributed by atoms with Crippen LogP contribution in [-0.4, -0.2) is 47.0 Å². The number of furan rings is 1. The van der Waals surface area contributed by atoms with Gasteiger partial charge in [-0.15, -0.1) is 0 Å². The van der Waals surface area contributed by atoms with Crippen LogP contribution in [0.5, 0.6) is 0 Å². The van der Waals surface area contributed by atoms with Crippen LogP contribution in [0.2, 0.25) is 0 Å². The van der Waals surface area contributed by atoms with Crippen molar-refractivity contribution < 1.29 is 19.1 Å². The Morgan fingerprint density at radius 1 is 1.53 bits per heavy atom. The third-order valence-electron chi connectivity index (χ3n) is 3.50. The Bertz CT molecular complexity index is 457. The summed E-state index contributed by atoms with van der Waals surface area (Å²) < 4.78 is 5.19. The molecule has 0 radical (unpaired) electrons. The van der Waals surface area contributed by atoms with Crippen LogP contribution in [-0.2, 0) is 11.3 Å². The van der Waals surface area contributed by atoms with Gasteiger partial charge in [-0.05, 0) is 18.1 Å². The van der Waals surface area contributed by atoms with Gasteiger partial charge in [-0.25, -0.2) is 4.79 Å². The second-order valence-electron chi connectivity index (χ2n) is 5.04. The Kier molecular flexibility index (Phi) is 3.78. The number of hydrogen-bond donors (Lipinski definition) is 1. The highest BCUT2D eigenvalue weighted by Gasteiger charge is 2.37. The van der Waals surface area contributed by atoms with Crippen LogP contribution in [0.4, 0.5) is 4.79 Å². The average molecular weight is 266 g/mol. The lowest BCUT2D eigenvalue weighted by Crippen LogP contribution is -2.39. The number of urea groups is 1. The summed E-state index contributed by atoms with van der Waals surface area (Å²) in [7, 11) is 1.68. The van der Waals surface area contributed by atoms with E-state index in [9.17, 15) is 9.59 Å². The molecule has 1 saturated heterocycles.